The number of ether oxygens (including phenoxy) is 2. The lowest BCUT2D eigenvalue weighted by atomic mass is 9.78. The zero-order valence-electron chi connectivity index (χ0n) is 77.2. The van der Waals surface area contributed by atoms with Crippen LogP contribution in [0.5, 0.6) is 0 Å². The smallest absolute Gasteiger partial charge is 0.451 e. The van der Waals surface area contributed by atoms with E-state index in [1.165, 1.54) is 28.6 Å². The van der Waals surface area contributed by atoms with Gasteiger partial charge < -0.3 is 148 Å². The van der Waals surface area contributed by atoms with E-state index in [9.17, 15) is 91.6 Å². The van der Waals surface area contributed by atoms with Crippen LogP contribution in [-0.2, 0) is 84.5 Å². The molecule has 0 radical (unpaired) electrons. The SMILES string of the molecule is CC(N(C)S(=O)(=O)N1C[C@H](CCCB(O)O)[C@](N)(C(=O)O)C1)C1(N)CC1.NCCN(C1CCNCC1)S(=O)(=O)N1C[C@H](CCCB(O)O)[C@](N)(C(=O)O)C1.NCCN(C1CCOC1)S(=O)(=O)N1C[C@H](CCCB(O)O)[C@](N)(C(=O)O)C1.NCCN(C1CCOCC1)S(=O)(=O)N1C[C@H](CCCB(O)O)[C@](N)(C(=O)O)C1.NCCN(CC1CC1)S(=O)(=O)N1C[C@H](CCCB(O)O)[C@](N)(C(=O)O)C1. The van der Waals surface area contributed by atoms with Crippen molar-refractivity contribution in [3.63, 3.8) is 0 Å². The zero-order chi connectivity index (χ0) is 102. The van der Waals surface area contributed by atoms with Gasteiger partial charge in [0.2, 0.25) is 0 Å². The highest BCUT2D eigenvalue weighted by Crippen LogP contribution is 2.43. The van der Waals surface area contributed by atoms with Gasteiger partial charge in [-0.25, -0.2) is 0 Å². The summed E-state index contributed by atoms with van der Waals surface area (Å²) in [5.74, 6) is -9.09. The van der Waals surface area contributed by atoms with Crippen LogP contribution in [-0.4, -0.2) is 455 Å². The Kier molecular flexibility index (Phi) is 46.2. The van der Waals surface area contributed by atoms with Crippen molar-refractivity contribution >= 4 is 116 Å². The summed E-state index contributed by atoms with van der Waals surface area (Å²) in [6.45, 7) is 4.71. The molecule has 0 bridgehead atoms. The van der Waals surface area contributed by atoms with E-state index >= 15 is 0 Å². The van der Waals surface area contributed by atoms with Gasteiger partial charge in [0.25, 0.3) is 51.0 Å². The van der Waals surface area contributed by atoms with E-state index in [4.69, 9.17) is 117 Å². The third-order valence-electron chi connectivity index (χ3n) is 27.6. The third-order valence-corrected chi connectivity index (χ3v) is 37.5. The Morgan fingerprint density at radius 3 is 0.896 bits per heavy atom. The summed E-state index contributed by atoms with van der Waals surface area (Å²) in [5.41, 5.74) is 49.9. The van der Waals surface area contributed by atoms with Gasteiger partial charge in [-0.05, 0) is 147 Å². The van der Waals surface area contributed by atoms with E-state index in [1.807, 2.05) is 0 Å². The fourth-order valence-electron chi connectivity index (χ4n) is 18.6. The van der Waals surface area contributed by atoms with Crippen molar-refractivity contribution in [3.05, 3.63) is 0 Å². The first-order valence-corrected chi connectivity index (χ1v) is 53.0. The van der Waals surface area contributed by atoms with Crippen LogP contribution in [0, 0.1) is 35.5 Å². The van der Waals surface area contributed by atoms with Gasteiger partial charge in [-0.15, -0.1) is 0 Å². The zero-order valence-corrected chi connectivity index (χ0v) is 81.3. The molecule has 10 aliphatic rings. The second-order valence-corrected chi connectivity index (χ2v) is 46.9. The van der Waals surface area contributed by atoms with Crippen LogP contribution >= 0.6 is 0 Å². The summed E-state index contributed by atoms with van der Waals surface area (Å²) >= 11 is 0. The molecule has 12 atom stereocenters. The Bertz CT molecular complexity index is 4180. The van der Waals surface area contributed by atoms with Crippen LogP contribution in [0.2, 0.25) is 31.6 Å². The number of carboxylic acids is 5. The summed E-state index contributed by atoms with van der Waals surface area (Å²) < 4.78 is 154. The van der Waals surface area contributed by atoms with Crippen LogP contribution in [0.25, 0.3) is 0 Å². The average molecular weight is 2040 g/mol. The maximum atomic E-state index is 13.3. The minimum absolute atomic E-state index is 0.00159. The molecule has 2 unspecified atom stereocenters. The molecule has 0 aromatic heterocycles. The third kappa shape index (κ3) is 31.6. The van der Waals surface area contributed by atoms with Gasteiger partial charge in [0.05, 0.1) is 12.6 Å². The van der Waals surface area contributed by atoms with E-state index in [-0.39, 0.29) is 200 Å². The Balaban J connectivity index is 0.000000259. The second-order valence-electron chi connectivity index (χ2n) is 37.3. The summed E-state index contributed by atoms with van der Waals surface area (Å²) in [6, 6.07) is -1.18. The van der Waals surface area contributed by atoms with Crippen LogP contribution in [0.3, 0.4) is 0 Å². The highest BCUT2D eigenvalue weighted by atomic mass is 32.2. The van der Waals surface area contributed by atoms with Gasteiger partial charge in [0.1, 0.15) is 27.7 Å². The lowest BCUT2D eigenvalue weighted by Gasteiger charge is -2.36. The second kappa shape index (κ2) is 52.1. The van der Waals surface area contributed by atoms with Gasteiger partial charge in [-0.3, -0.25) is 24.0 Å². The molecule has 2 saturated carbocycles. The number of nitrogens with one attached hydrogen (secondary N) is 1. The largest absolute Gasteiger partial charge is 0.480 e. The minimum Gasteiger partial charge on any atom is -0.480 e. The summed E-state index contributed by atoms with van der Waals surface area (Å²) in [7, 11) is -25.6. The van der Waals surface area contributed by atoms with Crippen molar-refractivity contribution < 1.29 is 151 Å². The van der Waals surface area contributed by atoms with Crippen molar-refractivity contribution in [1.29, 1.82) is 0 Å². The molecule has 2 aliphatic carbocycles. The molecule has 0 spiro atoms. The maximum absolute atomic E-state index is 13.3. The molecular weight excluding hydrogens is 1890 g/mol. The number of nitrogens with zero attached hydrogens (tertiary/aromatic N) is 10. The highest BCUT2D eigenvalue weighted by molar-refractivity contribution is 7.88. The molecule has 8 aliphatic heterocycles. The molecular formula is C72H150B5N21O32S5. The van der Waals surface area contributed by atoms with Crippen LogP contribution < -0.4 is 62.7 Å². The number of hydrogen-bond acceptors (Lipinski definition) is 38. The molecule has 0 amide bonds. The molecule has 8 saturated heterocycles. The van der Waals surface area contributed by atoms with Crippen molar-refractivity contribution in [3.8, 4) is 0 Å². The van der Waals surface area contributed by atoms with Gasteiger partial charge in [-0.2, -0.15) is 85.1 Å². The predicted octanol–water partition coefficient (Wildman–Crippen LogP) is -12.0. The Morgan fingerprint density at radius 1 is 0.385 bits per heavy atom. The predicted molar refractivity (Wildman–Crippen MR) is 497 cm³/mol. The fraction of sp³-hybridized carbons (Fsp3) is 0.931. The van der Waals surface area contributed by atoms with Gasteiger partial charge in [0, 0.05) is 204 Å². The lowest BCUT2D eigenvalue weighted by molar-refractivity contribution is -0.145. The molecule has 10 fully saturated rings. The number of hydrogen-bond donors (Lipinski definition) is 26. The van der Waals surface area contributed by atoms with Crippen molar-refractivity contribution in [2.75, 3.05) is 171 Å². The number of rotatable bonds is 50. The molecule has 10 rings (SSSR count). The molecule has 63 heteroatoms. The lowest BCUT2D eigenvalue weighted by Crippen LogP contribution is -2.56. The van der Waals surface area contributed by atoms with E-state index < -0.39 is 185 Å². The monoisotopic (exact) mass is 2040 g/mol. The first-order chi connectivity index (χ1) is 62.8. The fourth-order valence-corrected chi connectivity index (χ4v) is 28.0. The molecule has 0 aromatic carbocycles. The van der Waals surface area contributed by atoms with E-state index in [2.05, 4.69) is 5.32 Å². The molecule has 0 aromatic rings. The van der Waals surface area contributed by atoms with Crippen molar-refractivity contribution in [1.82, 2.24) is 48.4 Å². The van der Waals surface area contributed by atoms with E-state index in [0.717, 1.165) is 47.2 Å². The molecule has 780 valence electrons. The van der Waals surface area contributed by atoms with E-state index in [0.29, 0.717) is 116 Å². The minimum atomic E-state index is -3.96. The van der Waals surface area contributed by atoms with Crippen LogP contribution in [0.15, 0.2) is 0 Å². The summed E-state index contributed by atoms with van der Waals surface area (Å²) in [4.78, 5) is 58.8. The Morgan fingerprint density at radius 2 is 0.644 bits per heavy atom. The number of piperidine rings is 1. The highest BCUT2D eigenvalue weighted by Gasteiger charge is 2.60. The Labute approximate surface area is 793 Å². The van der Waals surface area contributed by atoms with Gasteiger partial charge >= 0.3 is 65.4 Å². The number of likely N-dealkylation sites (N-methyl/N-ethyl adjacent to an activating group) is 1. The summed E-state index contributed by atoms with van der Waals surface area (Å²) in [6.07, 6.45) is 9.91. The van der Waals surface area contributed by atoms with Crippen LogP contribution in [0.1, 0.15) is 129 Å². The Hall–Kier alpha value is -3.90. The maximum Gasteiger partial charge on any atom is 0.451 e. The average Bonchev–Trinajstić information content (AvgIpc) is 1.63. The van der Waals surface area contributed by atoms with Gasteiger partial charge in [0.15, 0.2) is 0 Å². The number of carboxylic acid groups (broad SMARTS) is 5. The molecule has 53 nitrogen and oxygen atoms in total. The number of carbonyl (C=O) groups is 5. The van der Waals surface area contributed by atoms with Crippen molar-refractivity contribution in [2.24, 2.45) is 92.8 Å². The topological polar surface area (TPSA) is 883 Å². The van der Waals surface area contributed by atoms with Crippen molar-refractivity contribution in [2.45, 2.75) is 218 Å². The van der Waals surface area contributed by atoms with Crippen LogP contribution in [0.4, 0.5) is 0 Å². The normalized spacial score (nSPS) is 28.2. The van der Waals surface area contributed by atoms with E-state index in [1.54, 1.807) is 6.92 Å². The van der Waals surface area contributed by atoms with Gasteiger partial charge in [-0.1, -0.05) is 32.1 Å². The first-order valence-electron chi connectivity index (χ1n) is 46.0. The number of aliphatic carboxylic acids is 5. The molecule has 36 N–H and O–H groups in total. The molecule has 135 heavy (non-hydrogen) atoms. The standard InChI is InChI=1S/C15H32BN5O6S.C15H31BN4O7S.C14H29BN4O7S.2C14H29BN4O6S/c17-6-9-21(13-3-7-19-8-4-13)28(26,27)20-10-12(2-1-5-16(24)25)15(18,11-20)14(22)23;17-6-7-20(13-3-8-27-9-4-13)28(25,26)19-10-12(2-1-5-16(23)24)15(18,11-19)14(21)22;16-5-6-19(12-3-7-26-9-12)27(24,25)18-8-11(2-1-4-15(22)23)14(17,10-18)13(20)21;1-10(13(16)5-6-13)18(2)26(24,25)19-8-11(4-3-7-15(22)23)14(17,9-19)12(20)21;16-6-7-18(8-11-3-4-11)26(24,25)19-9-12(2-1-5-15(22)23)14(17,10-19)13(20)21/h12-13,19,24-25H,1-11,17-18H2,(H,22,23);12-13,23-24H,1-11,17-18H2,(H,21,22);11-12,22-23H,1-10,16-17H2,(H,20,21);10-11,22-23H,3-9,16-17H2,1-2H3,(H,20,21);11-12,22-23H,1-10,16-17H2,(H,20,21)/t2*12-,15-;11-,12?,14-;10?,11-,14-;12-,14-/m00000/s1. The molecule has 8 heterocycles. The number of nitrogens with two attached hydrogens (primary N) is 10. The summed E-state index contributed by atoms with van der Waals surface area (Å²) in [5, 5.41) is 141. The quantitative estimate of drug-likeness (QED) is 0.0252. The first kappa shape index (κ1) is 120.